The van der Waals surface area contributed by atoms with Crippen molar-refractivity contribution in [2.75, 3.05) is 25.5 Å². The topological polar surface area (TPSA) is 24.1 Å². The Balaban J connectivity index is 1.88. The normalized spacial score (nSPS) is 17.0. The second-order valence-corrected chi connectivity index (χ2v) is 4.99. The van der Waals surface area contributed by atoms with Gasteiger partial charge in [0.05, 0.1) is 0 Å². The van der Waals surface area contributed by atoms with Crippen molar-refractivity contribution in [2.24, 2.45) is 0 Å². The van der Waals surface area contributed by atoms with Crippen molar-refractivity contribution in [3.8, 4) is 0 Å². The number of benzene rings is 1. The Kier molecular flexibility index (Phi) is 4.87. The molecule has 1 aromatic rings. The van der Waals surface area contributed by atoms with E-state index in [1.165, 1.54) is 43.4 Å². The van der Waals surface area contributed by atoms with Gasteiger partial charge in [-0.05, 0) is 43.5 Å². The van der Waals surface area contributed by atoms with E-state index < -0.39 is 0 Å². The number of nitrogens with one attached hydrogen (secondary N) is 2. The predicted octanol–water partition coefficient (Wildman–Crippen LogP) is 3.37. The lowest BCUT2D eigenvalue weighted by Gasteiger charge is -2.22. The Morgan fingerprint density at radius 3 is 2.35 bits per heavy atom. The maximum Gasteiger partial charge on any atom is 0.0340 e. The second-order valence-electron chi connectivity index (χ2n) is 4.99. The van der Waals surface area contributed by atoms with Crippen LogP contribution in [0.5, 0.6) is 0 Å². The molecule has 94 valence electrons. The van der Waals surface area contributed by atoms with Crippen LogP contribution in [0.4, 0.5) is 5.69 Å². The molecule has 17 heavy (non-hydrogen) atoms. The standard InChI is InChI=1S/C15H24N2/c1-16-11-12-17-15-9-7-14(8-10-15)13-5-3-2-4-6-13/h7-10,13,16-17H,2-6,11-12H2,1H3. The largest absolute Gasteiger partial charge is 0.384 e. The Hall–Kier alpha value is -1.02. The SMILES string of the molecule is CNCCNc1ccc(C2CCCCC2)cc1. The number of anilines is 1. The average Bonchev–Trinajstić information content (AvgIpc) is 2.41. The Morgan fingerprint density at radius 2 is 1.71 bits per heavy atom. The minimum absolute atomic E-state index is 0.815. The molecule has 1 aliphatic rings. The molecule has 1 aliphatic carbocycles. The van der Waals surface area contributed by atoms with E-state index in [1.807, 2.05) is 7.05 Å². The highest BCUT2D eigenvalue weighted by molar-refractivity contribution is 5.45. The van der Waals surface area contributed by atoms with Crippen LogP contribution in [0.15, 0.2) is 24.3 Å². The van der Waals surface area contributed by atoms with Crippen LogP contribution in [0, 0.1) is 0 Å². The summed E-state index contributed by atoms with van der Waals surface area (Å²) in [6.07, 6.45) is 7.01. The lowest BCUT2D eigenvalue weighted by Crippen LogP contribution is -2.17. The molecule has 2 N–H and O–H groups in total. The van der Waals surface area contributed by atoms with Crippen LogP contribution < -0.4 is 10.6 Å². The molecule has 0 aromatic heterocycles. The molecule has 1 aromatic carbocycles. The summed E-state index contributed by atoms with van der Waals surface area (Å²) in [6.45, 7) is 1.99. The fraction of sp³-hybridized carbons (Fsp3) is 0.600. The summed E-state index contributed by atoms with van der Waals surface area (Å²) >= 11 is 0. The van der Waals surface area contributed by atoms with Gasteiger partial charge in [0.2, 0.25) is 0 Å². The molecule has 0 radical (unpaired) electrons. The molecule has 1 saturated carbocycles. The van der Waals surface area contributed by atoms with Crippen molar-refractivity contribution in [3.63, 3.8) is 0 Å². The number of hydrogen-bond acceptors (Lipinski definition) is 2. The van der Waals surface area contributed by atoms with Gasteiger partial charge in [0.1, 0.15) is 0 Å². The van der Waals surface area contributed by atoms with Crippen LogP contribution in [0.25, 0.3) is 0 Å². The van der Waals surface area contributed by atoms with Crippen molar-refractivity contribution < 1.29 is 0 Å². The molecule has 2 nitrogen and oxygen atoms in total. The molecular weight excluding hydrogens is 208 g/mol. The maximum atomic E-state index is 3.41. The molecule has 2 rings (SSSR count). The summed E-state index contributed by atoms with van der Waals surface area (Å²) < 4.78 is 0. The molecule has 0 aliphatic heterocycles. The summed E-state index contributed by atoms with van der Waals surface area (Å²) in [4.78, 5) is 0. The first kappa shape index (κ1) is 12.4. The van der Waals surface area contributed by atoms with Crippen LogP contribution in [0.2, 0.25) is 0 Å². The first-order chi connectivity index (χ1) is 8.40. The van der Waals surface area contributed by atoms with Crippen LogP contribution in [0.3, 0.4) is 0 Å². The van der Waals surface area contributed by atoms with E-state index in [0.29, 0.717) is 0 Å². The van der Waals surface area contributed by atoms with Gasteiger partial charge in [-0.15, -0.1) is 0 Å². The third kappa shape index (κ3) is 3.74. The Labute approximate surface area is 105 Å². The number of rotatable bonds is 5. The zero-order chi connectivity index (χ0) is 11.9. The van der Waals surface area contributed by atoms with Gasteiger partial charge in [0.15, 0.2) is 0 Å². The van der Waals surface area contributed by atoms with E-state index in [1.54, 1.807) is 0 Å². The fourth-order valence-corrected chi connectivity index (χ4v) is 2.64. The highest BCUT2D eigenvalue weighted by atomic mass is 14.9. The highest BCUT2D eigenvalue weighted by Crippen LogP contribution is 2.32. The van der Waals surface area contributed by atoms with E-state index in [2.05, 4.69) is 34.9 Å². The molecule has 0 bridgehead atoms. The lowest BCUT2D eigenvalue weighted by atomic mass is 9.84. The summed E-state index contributed by atoms with van der Waals surface area (Å²) in [6, 6.07) is 9.05. The average molecular weight is 232 g/mol. The number of likely N-dealkylation sites (N-methyl/N-ethyl adjacent to an activating group) is 1. The van der Waals surface area contributed by atoms with Crippen molar-refractivity contribution >= 4 is 5.69 Å². The molecule has 1 fully saturated rings. The summed E-state index contributed by atoms with van der Waals surface area (Å²) in [5.41, 5.74) is 2.77. The molecule has 0 heterocycles. The highest BCUT2D eigenvalue weighted by Gasteiger charge is 2.14. The zero-order valence-electron chi connectivity index (χ0n) is 10.8. The minimum atomic E-state index is 0.815. The van der Waals surface area contributed by atoms with E-state index in [4.69, 9.17) is 0 Å². The first-order valence-electron chi connectivity index (χ1n) is 6.88. The van der Waals surface area contributed by atoms with Crippen molar-refractivity contribution in [1.82, 2.24) is 5.32 Å². The quantitative estimate of drug-likeness (QED) is 0.761. The molecule has 2 heteroatoms. The van der Waals surface area contributed by atoms with Crippen molar-refractivity contribution in [3.05, 3.63) is 29.8 Å². The summed E-state index contributed by atoms with van der Waals surface area (Å²) in [5, 5.41) is 6.55. The van der Waals surface area contributed by atoms with Gasteiger partial charge in [-0.25, -0.2) is 0 Å². The molecule has 0 amide bonds. The predicted molar refractivity (Wildman–Crippen MR) is 74.7 cm³/mol. The summed E-state index contributed by atoms with van der Waals surface area (Å²) in [5.74, 6) is 0.815. The van der Waals surface area contributed by atoms with Crippen LogP contribution in [0.1, 0.15) is 43.6 Å². The van der Waals surface area contributed by atoms with Gasteiger partial charge < -0.3 is 10.6 Å². The van der Waals surface area contributed by atoms with Gasteiger partial charge in [-0.2, -0.15) is 0 Å². The molecule has 0 saturated heterocycles. The van der Waals surface area contributed by atoms with Gasteiger partial charge in [0, 0.05) is 18.8 Å². The lowest BCUT2D eigenvalue weighted by molar-refractivity contribution is 0.443. The smallest absolute Gasteiger partial charge is 0.0340 e. The monoisotopic (exact) mass is 232 g/mol. The van der Waals surface area contributed by atoms with E-state index in [9.17, 15) is 0 Å². The van der Waals surface area contributed by atoms with E-state index >= 15 is 0 Å². The van der Waals surface area contributed by atoms with E-state index in [0.717, 1.165) is 19.0 Å². The van der Waals surface area contributed by atoms with Crippen molar-refractivity contribution in [2.45, 2.75) is 38.0 Å². The van der Waals surface area contributed by atoms with Crippen LogP contribution in [-0.2, 0) is 0 Å². The minimum Gasteiger partial charge on any atom is -0.384 e. The second kappa shape index (κ2) is 6.65. The fourth-order valence-electron chi connectivity index (χ4n) is 2.64. The summed E-state index contributed by atoms with van der Waals surface area (Å²) in [7, 11) is 1.98. The molecule has 0 atom stereocenters. The van der Waals surface area contributed by atoms with E-state index in [-0.39, 0.29) is 0 Å². The Morgan fingerprint density at radius 1 is 1.00 bits per heavy atom. The third-order valence-electron chi connectivity index (χ3n) is 3.69. The first-order valence-corrected chi connectivity index (χ1v) is 6.88. The molecule has 0 spiro atoms. The molecule has 0 unspecified atom stereocenters. The van der Waals surface area contributed by atoms with Crippen molar-refractivity contribution in [1.29, 1.82) is 0 Å². The van der Waals surface area contributed by atoms with Gasteiger partial charge in [-0.1, -0.05) is 31.4 Å². The van der Waals surface area contributed by atoms with Gasteiger partial charge in [0.25, 0.3) is 0 Å². The third-order valence-corrected chi connectivity index (χ3v) is 3.69. The zero-order valence-corrected chi connectivity index (χ0v) is 10.8. The van der Waals surface area contributed by atoms with Gasteiger partial charge in [-0.3, -0.25) is 0 Å². The molecular formula is C15H24N2. The van der Waals surface area contributed by atoms with Crippen LogP contribution >= 0.6 is 0 Å². The van der Waals surface area contributed by atoms with Gasteiger partial charge >= 0.3 is 0 Å². The number of hydrogen-bond donors (Lipinski definition) is 2. The Bertz CT molecular complexity index is 312. The van der Waals surface area contributed by atoms with Crippen LogP contribution in [-0.4, -0.2) is 20.1 Å². The maximum absolute atomic E-state index is 3.41.